The van der Waals surface area contributed by atoms with E-state index in [4.69, 9.17) is 0 Å². The van der Waals surface area contributed by atoms with Crippen molar-refractivity contribution in [2.24, 2.45) is 17.8 Å². The van der Waals surface area contributed by atoms with Crippen molar-refractivity contribution in [2.45, 2.75) is 57.9 Å². The molecule has 28 heavy (non-hydrogen) atoms. The molecule has 5 rings (SSSR count). The Morgan fingerprint density at radius 3 is 2.32 bits per heavy atom. The largest absolute Gasteiger partial charge is 0.349 e. The van der Waals surface area contributed by atoms with Crippen molar-refractivity contribution >= 4 is 11.6 Å². The van der Waals surface area contributed by atoms with Crippen molar-refractivity contribution in [3.63, 3.8) is 0 Å². The molecule has 4 aliphatic carbocycles. The molecule has 1 aromatic rings. The van der Waals surface area contributed by atoms with Crippen LogP contribution in [0.3, 0.4) is 0 Å². The quantitative estimate of drug-likeness (QED) is 0.545. The summed E-state index contributed by atoms with van der Waals surface area (Å²) in [5, 5.41) is 18.9. The van der Waals surface area contributed by atoms with Crippen LogP contribution in [0.4, 0.5) is 5.69 Å². The third-order valence-corrected chi connectivity index (χ3v) is 7.21. The van der Waals surface area contributed by atoms with E-state index in [2.05, 4.69) is 29.2 Å². The third kappa shape index (κ3) is 3.43. The van der Waals surface area contributed by atoms with E-state index in [0.717, 1.165) is 38.9 Å². The standard InChI is InChI=1S/C20H31N5O3/c1-3-23(4-2)6-5-21-19(26)18-17(25(27)28)13-24(22-18)20-10-14-7-15(11-20)9-16(8-14)12-20/h13-16H,3-12H2,1-2H3,(H,21,26). The topological polar surface area (TPSA) is 93.3 Å². The second-order valence-corrected chi connectivity index (χ2v) is 8.99. The zero-order valence-electron chi connectivity index (χ0n) is 16.9. The van der Waals surface area contributed by atoms with Crippen LogP contribution in [0.2, 0.25) is 0 Å². The van der Waals surface area contributed by atoms with Crippen molar-refractivity contribution in [3.8, 4) is 0 Å². The van der Waals surface area contributed by atoms with Gasteiger partial charge < -0.3 is 10.2 Å². The van der Waals surface area contributed by atoms with Gasteiger partial charge in [-0.1, -0.05) is 13.8 Å². The molecule has 8 nitrogen and oxygen atoms in total. The van der Waals surface area contributed by atoms with E-state index in [1.165, 1.54) is 25.5 Å². The lowest BCUT2D eigenvalue weighted by Gasteiger charge is -2.56. The van der Waals surface area contributed by atoms with Crippen molar-refractivity contribution in [2.75, 3.05) is 26.2 Å². The normalized spacial score (nSPS) is 30.8. The van der Waals surface area contributed by atoms with Crippen molar-refractivity contribution in [1.82, 2.24) is 20.0 Å². The van der Waals surface area contributed by atoms with Gasteiger partial charge in [-0.2, -0.15) is 5.10 Å². The average molecular weight is 390 g/mol. The number of aromatic nitrogens is 2. The summed E-state index contributed by atoms with van der Waals surface area (Å²) in [6.07, 6.45) is 8.53. The van der Waals surface area contributed by atoms with Crippen molar-refractivity contribution < 1.29 is 9.72 Å². The highest BCUT2D eigenvalue weighted by Crippen LogP contribution is 2.58. The Balaban J connectivity index is 1.53. The smallest absolute Gasteiger partial charge is 0.320 e. The van der Waals surface area contributed by atoms with Gasteiger partial charge >= 0.3 is 5.69 Å². The number of hydrogen-bond acceptors (Lipinski definition) is 5. The van der Waals surface area contributed by atoms with E-state index < -0.39 is 10.8 Å². The number of likely N-dealkylation sites (N-methyl/N-ethyl adjacent to an activating group) is 1. The second kappa shape index (κ2) is 7.46. The number of carbonyl (C=O) groups is 1. The molecule has 154 valence electrons. The van der Waals surface area contributed by atoms with Gasteiger partial charge in [0.05, 0.1) is 10.5 Å². The highest BCUT2D eigenvalue weighted by Gasteiger charge is 2.53. The van der Waals surface area contributed by atoms with Crippen LogP contribution in [0.15, 0.2) is 6.20 Å². The molecule has 4 fully saturated rings. The summed E-state index contributed by atoms with van der Waals surface area (Å²) in [4.78, 5) is 26.0. The highest BCUT2D eigenvalue weighted by atomic mass is 16.6. The van der Waals surface area contributed by atoms with Gasteiger partial charge in [-0.25, -0.2) is 0 Å². The summed E-state index contributed by atoms with van der Waals surface area (Å²) in [6, 6.07) is 0. The van der Waals surface area contributed by atoms with Gasteiger partial charge in [-0.05, 0) is 69.4 Å². The predicted octanol–water partition coefficient (Wildman–Crippen LogP) is 2.79. The van der Waals surface area contributed by atoms with E-state index in [0.29, 0.717) is 24.3 Å². The monoisotopic (exact) mass is 389 g/mol. The van der Waals surface area contributed by atoms with Crippen LogP contribution in [-0.2, 0) is 5.54 Å². The SMILES string of the molecule is CCN(CC)CCNC(=O)c1nn(C23CC4CC(CC(C4)C2)C3)cc1[N+](=O)[O-]. The third-order valence-electron chi connectivity index (χ3n) is 7.21. The van der Waals surface area contributed by atoms with Gasteiger partial charge in [-0.3, -0.25) is 19.6 Å². The summed E-state index contributed by atoms with van der Waals surface area (Å²) < 4.78 is 1.80. The van der Waals surface area contributed by atoms with Crippen LogP contribution < -0.4 is 5.32 Å². The molecule has 4 bridgehead atoms. The summed E-state index contributed by atoms with van der Waals surface area (Å²) >= 11 is 0. The van der Waals surface area contributed by atoms with Crippen molar-refractivity contribution in [1.29, 1.82) is 0 Å². The maximum Gasteiger partial charge on any atom is 0.320 e. The molecule has 1 amide bonds. The molecule has 0 spiro atoms. The Bertz CT molecular complexity index is 720. The second-order valence-electron chi connectivity index (χ2n) is 8.99. The van der Waals surface area contributed by atoms with E-state index in [-0.39, 0.29) is 16.9 Å². The van der Waals surface area contributed by atoms with Gasteiger partial charge in [0.2, 0.25) is 5.69 Å². The molecule has 1 N–H and O–H groups in total. The van der Waals surface area contributed by atoms with Crippen LogP contribution in [0.5, 0.6) is 0 Å². The van der Waals surface area contributed by atoms with Gasteiger partial charge in [0.15, 0.2) is 0 Å². The molecule has 4 saturated carbocycles. The van der Waals surface area contributed by atoms with E-state index in [1.54, 1.807) is 4.68 Å². The Morgan fingerprint density at radius 1 is 1.25 bits per heavy atom. The first-order valence-electron chi connectivity index (χ1n) is 10.7. The van der Waals surface area contributed by atoms with E-state index >= 15 is 0 Å². The van der Waals surface area contributed by atoms with Gasteiger partial charge in [0, 0.05) is 13.1 Å². The number of carbonyl (C=O) groups excluding carboxylic acids is 1. The number of nitrogens with zero attached hydrogens (tertiary/aromatic N) is 4. The Morgan fingerprint density at radius 2 is 1.82 bits per heavy atom. The van der Waals surface area contributed by atoms with E-state index in [9.17, 15) is 14.9 Å². The molecule has 0 aliphatic heterocycles. The Kier molecular flexibility index (Phi) is 5.16. The maximum absolute atomic E-state index is 12.7. The molecule has 0 unspecified atom stereocenters. The molecule has 1 aromatic heterocycles. The van der Waals surface area contributed by atoms with Crippen LogP contribution in [-0.4, -0.2) is 51.7 Å². The first-order valence-corrected chi connectivity index (χ1v) is 10.7. The molecular weight excluding hydrogens is 358 g/mol. The van der Waals surface area contributed by atoms with E-state index in [1.807, 2.05) is 0 Å². The van der Waals surface area contributed by atoms with Gasteiger partial charge in [0.1, 0.15) is 6.20 Å². The molecule has 0 aromatic carbocycles. The number of amides is 1. The van der Waals surface area contributed by atoms with Crippen LogP contribution in [0.1, 0.15) is 62.9 Å². The summed E-state index contributed by atoms with van der Waals surface area (Å²) in [6.45, 7) is 7.15. The predicted molar refractivity (Wildman–Crippen MR) is 105 cm³/mol. The molecule has 1 heterocycles. The summed E-state index contributed by atoms with van der Waals surface area (Å²) in [7, 11) is 0. The lowest BCUT2D eigenvalue weighted by atomic mass is 9.53. The zero-order chi connectivity index (χ0) is 19.9. The number of nitrogens with one attached hydrogen (secondary N) is 1. The minimum Gasteiger partial charge on any atom is -0.349 e. The molecular formula is C20H31N5O3. The molecule has 4 aliphatic rings. The zero-order valence-corrected chi connectivity index (χ0v) is 16.9. The average Bonchev–Trinajstić information content (AvgIpc) is 3.11. The van der Waals surface area contributed by atoms with Gasteiger partial charge in [0.25, 0.3) is 5.91 Å². The van der Waals surface area contributed by atoms with Crippen molar-refractivity contribution in [3.05, 3.63) is 22.0 Å². The molecule has 0 atom stereocenters. The fraction of sp³-hybridized carbons (Fsp3) is 0.800. The molecule has 8 heteroatoms. The van der Waals surface area contributed by atoms with Gasteiger partial charge in [-0.15, -0.1) is 0 Å². The first kappa shape index (κ1) is 19.4. The lowest BCUT2D eigenvalue weighted by molar-refractivity contribution is -0.385. The number of hydrogen-bond donors (Lipinski definition) is 1. The fourth-order valence-electron chi connectivity index (χ4n) is 6.20. The lowest BCUT2D eigenvalue weighted by Crippen LogP contribution is -2.52. The summed E-state index contributed by atoms with van der Waals surface area (Å²) in [5.74, 6) is 1.69. The fourth-order valence-corrected chi connectivity index (χ4v) is 6.20. The maximum atomic E-state index is 12.7. The Labute approximate surface area is 165 Å². The van der Waals surface area contributed by atoms with Crippen LogP contribution in [0, 0.1) is 27.9 Å². The first-order chi connectivity index (χ1) is 13.4. The molecule has 0 radical (unpaired) electrons. The highest BCUT2D eigenvalue weighted by molar-refractivity contribution is 5.96. The Hall–Kier alpha value is -1.96. The minimum atomic E-state index is -0.469. The number of rotatable bonds is 8. The van der Waals surface area contributed by atoms with Crippen LogP contribution >= 0.6 is 0 Å². The number of nitro groups is 1. The summed E-state index contributed by atoms with van der Waals surface area (Å²) in [5.41, 5.74) is -0.337. The van der Waals surface area contributed by atoms with Crippen LogP contribution in [0.25, 0.3) is 0 Å². The molecule has 0 saturated heterocycles. The minimum absolute atomic E-state index is 0.0414.